The maximum absolute atomic E-state index is 13.3. The van der Waals surface area contributed by atoms with E-state index in [1.54, 1.807) is 7.11 Å². The summed E-state index contributed by atoms with van der Waals surface area (Å²) >= 11 is 0. The first kappa shape index (κ1) is 21.6. The molecule has 33 heavy (non-hydrogen) atoms. The van der Waals surface area contributed by atoms with Crippen molar-refractivity contribution in [2.24, 2.45) is 4.99 Å². The number of allylic oxidation sites excluding steroid dienone is 1. The number of hydrogen-bond donors (Lipinski definition) is 1. The SMILES string of the molecule is C=CC(C)(C)c1[nH]c2c3c(ccc2c1CC1N=C(OC)C2=CCCN2C1=O)OC(C)(C)C=C3. The Kier molecular flexibility index (Phi) is 4.82. The molecule has 0 fully saturated rings. The van der Waals surface area contributed by atoms with Crippen molar-refractivity contribution in [1.29, 1.82) is 0 Å². The number of carbonyl (C=O) groups excluding carboxylic acids is 1. The van der Waals surface area contributed by atoms with Gasteiger partial charge in [-0.3, -0.25) is 4.79 Å². The molecule has 172 valence electrons. The molecule has 1 atom stereocenters. The molecule has 0 spiro atoms. The molecule has 1 aromatic carbocycles. The number of nitrogens with one attached hydrogen (secondary N) is 1. The number of hydrogen-bond acceptors (Lipinski definition) is 4. The molecule has 1 aromatic heterocycles. The van der Waals surface area contributed by atoms with E-state index < -0.39 is 6.04 Å². The number of H-pyrrole nitrogens is 1. The molecule has 6 nitrogen and oxygen atoms in total. The standard InChI is InChI=1S/C27H31N3O3/c1-7-26(2,3)23-18(15-19-25(31)30-14-8-9-20(30)24(28-19)32-6)16-10-11-21-17(22(16)29-23)12-13-27(4,5)33-21/h7,9-13,19,29H,1,8,14-15H2,2-6H3. The first-order valence-corrected chi connectivity index (χ1v) is 11.5. The second kappa shape index (κ2) is 7.37. The summed E-state index contributed by atoms with van der Waals surface area (Å²) in [5.74, 6) is 1.42. The van der Waals surface area contributed by atoms with Crippen LogP contribution in [0.1, 0.15) is 50.9 Å². The van der Waals surface area contributed by atoms with Gasteiger partial charge in [-0.05, 0) is 50.1 Å². The van der Waals surface area contributed by atoms with Gasteiger partial charge in [0, 0.05) is 35.0 Å². The minimum atomic E-state index is -0.532. The highest BCUT2D eigenvalue weighted by molar-refractivity contribution is 6.04. The van der Waals surface area contributed by atoms with Crippen molar-refractivity contribution >= 4 is 28.8 Å². The number of aromatic nitrogens is 1. The molecule has 0 saturated carbocycles. The second-order valence-electron chi connectivity index (χ2n) is 10.1. The van der Waals surface area contributed by atoms with Crippen molar-refractivity contribution in [3.8, 4) is 5.75 Å². The van der Waals surface area contributed by atoms with Crippen LogP contribution in [0.4, 0.5) is 0 Å². The van der Waals surface area contributed by atoms with Crippen LogP contribution >= 0.6 is 0 Å². The quantitative estimate of drug-likeness (QED) is 0.681. The van der Waals surface area contributed by atoms with Gasteiger partial charge in [0.2, 0.25) is 5.90 Å². The highest BCUT2D eigenvalue weighted by atomic mass is 16.5. The van der Waals surface area contributed by atoms with E-state index in [4.69, 9.17) is 14.5 Å². The minimum absolute atomic E-state index is 0.0270. The molecule has 5 rings (SSSR count). The van der Waals surface area contributed by atoms with Crippen molar-refractivity contribution in [2.75, 3.05) is 13.7 Å². The average molecular weight is 446 g/mol. The molecule has 0 radical (unpaired) electrons. The van der Waals surface area contributed by atoms with Gasteiger partial charge in [-0.15, -0.1) is 6.58 Å². The lowest BCUT2D eigenvalue weighted by Crippen LogP contribution is -2.44. The van der Waals surface area contributed by atoms with Crippen LogP contribution in [0.5, 0.6) is 5.75 Å². The minimum Gasteiger partial charge on any atom is -0.483 e. The Bertz CT molecular complexity index is 1260. The lowest BCUT2D eigenvalue weighted by molar-refractivity contribution is -0.130. The lowest BCUT2D eigenvalue weighted by Gasteiger charge is -2.30. The first-order chi connectivity index (χ1) is 15.6. The Morgan fingerprint density at radius 3 is 2.91 bits per heavy atom. The topological polar surface area (TPSA) is 66.9 Å². The van der Waals surface area contributed by atoms with E-state index in [0.29, 0.717) is 18.9 Å². The van der Waals surface area contributed by atoms with Gasteiger partial charge in [0.05, 0.1) is 12.6 Å². The molecule has 0 bridgehead atoms. The Balaban J connectivity index is 1.65. The van der Waals surface area contributed by atoms with Crippen molar-refractivity contribution in [1.82, 2.24) is 9.88 Å². The second-order valence-corrected chi connectivity index (χ2v) is 10.1. The molecule has 4 heterocycles. The number of fused-ring (bicyclic) bond motifs is 4. The van der Waals surface area contributed by atoms with E-state index in [2.05, 4.69) is 43.6 Å². The summed E-state index contributed by atoms with van der Waals surface area (Å²) in [6.07, 6.45) is 9.48. The fraction of sp³-hybridized carbons (Fsp3) is 0.407. The number of aliphatic imine (C=N–C) groups is 1. The fourth-order valence-corrected chi connectivity index (χ4v) is 4.96. The third-order valence-electron chi connectivity index (χ3n) is 6.88. The maximum atomic E-state index is 13.3. The molecule has 3 aliphatic heterocycles. The molecule has 2 aromatic rings. The average Bonchev–Trinajstić information content (AvgIpc) is 3.41. The zero-order chi connectivity index (χ0) is 23.5. The van der Waals surface area contributed by atoms with Crippen LogP contribution < -0.4 is 4.74 Å². The van der Waals surface area contributed by atoms with Crippen LogP contribution in [0, 0.1) is 0 Å². The Hall–Kier alpha value is -3.28. The van der Waals surface area contributed by atoms with Crippen LogP contribution in [0.2, 0.25) is 0 Å². The van der Waals surface area contributed by atoms with Crippen LogP contribution in [0.15, 0.2) is 47.6 Å². The molecule has 3 aliphatic rings. The van der Waals surface area contributed by atoms with E-state index in [1.807, 2.05) is 37.0 Å². The number of rotatable bonds is 4. The number of nitrogens with zero attached hydrogens (tertiary/aromatic N) is 2. The van der Waals surface area contributed by atoms with E-state index in [0.717, 1.165) is 45.6 Å². The molecule has 1 amide bonds. The van der Waals surface area contributed by atoms with E-state index in [9.17, 15) is 4.79 Å². The van der Waals surface area contributed by atoms with Crippen LogP contribution in [-0.2, 0) is 21.4 Å². The zero-order valence-corrected chi connectivity index (χ0v) is 20.0. The van der Waals surface area contributed by atoms with Gasteiger partial charge in [0.15, 0.2) is 0 Å². The summed E-state index contributed by atoms with van der Waals surface area (Å²) in [6.45, 7) is 13.1. The number of benzene rings is 1. The van der Waals surface area contributed by atoms with Gasteiger partial charge in [0.25, 0.3) is 5.91 Å². The van der Waals surface area contributed by atoms with Crippen molar-refractivity contribution in [3.05, 3.63) is 59.5 Å². The Labute approximate surface area is 194 Å². The van der Waals surface area contributed by atoms with Crippen LogP contribution in [0.3, 0.4) is 0 Å². The summed E-state index contributed by atoms with van der Waals surface area (Å²) in [5.41, 5.74) is 4.30. The predicted octanol–water partition coefficient (Wildman–Crippen LogP) is 4.90. The molecule has 0 aliphatic carbocycles. The molecular formula is C27H31N3O3. The van der Waals surface area contributed by atoms with Gasteiger partial charge >= 0.3 is 0 Å². The monoisotopic (exact) mass is 445 g/mol. The van der Waals surface area contributed by atoms with Gasteiger partial charge in [-0.25, -0.2) is 4.99 Å². The summed E-state index contributed by atoms with van der Waals surface area (Å²) in [5, 5.41) is 1.08. The van der Waals surface area contributed by atoms with E-state index in [-0.39, 0.29) is 16.9 Å². The molecule has 0 saturated heterocycles. The number of amides is 1. The number of aromatic amines is 1. The Morgan fingerprint density at radius 1 is 1.39 bits per heavy atom. The van der Waals surface area contributed by atoms with Gasteiger partial charge in [0.1, 0.15) is 23.1 Å². The third-order valence-corrected chi connectivity index (χ3v) is 6.88. The van der Waals surface area contributed by atoms with Gasteiger partial charge in [-0.2, -0.15) is 0 Å². The maximum Gasteiger partial charge on any atom is 0.252 e. The largest absolute Gasteiger partial charge is 0.483 e. The first-order valence-electron chi connectivity index (χ1n) is 11.5. The highest BCUT2D eigenvalue weighted by Crippen LogP contribution is 2.41. The Morgan fingerprint density at radius 2 is 2.18 bits per heavy atom. The van der Waals surface area contributed by atoms with Gasteiger partial charge < -0.3 is 19.4 Å². The van der Waals surface area contributed by atoms with Crippen LogP contribution in [-0.4, -0.2) is 47.0 Å². The highest BCUT2D eigenvalue weighted by Gasteiger charge is 2.38. The lowest BCUT2D eigenvalue weighted by atomic mass is 9.84. The third kappa shape index (κ3) is 3.39. The summed E-state index contributed by atoms with van der Waals surface area (Å²) in [6, 6.07) is 3.59. The summed E-state index contributed by atoms with van der Waals surface area (Å²) < 4.78 is 11.7. The number of carbonyl (C=O) groups is 1. The molecular weight excluding hydrogens is 414 g/mol. The van der Waals surface area contributed by atoms with E-state index in [1.165, 1.54) is 0 Å². The number of ether oxygens (including phenoxy) is 2. The zero-order valence-electron chi connectivity index (χ0n) is 20.0. The number of methoxy groups -OCH3 is 1. The van der Waals surface area contributed by atoms with Crippen molar-refractivity contribution < 1.29 is 14.3 Å². The molecule has 6 heteroatoms. The molecule has 1 unspecified atom stereocenters. The smallest absolute Gasteiger partial charge is 0.252 e. The summed E-state index contributed by atoms with van der Waals surface area (Å²) in [4.78, 5) is 23.5. The fourth-order valence-electron chi connectivity index (χ4n) is 4.96. The van der Waals surface area contributed by atoms with Crippen molar-refractivity contribution in [2.45, 2.75) is 57.6 Å². The van der Waals surface area contributed by atoms with E-state index >= 15 is 0 Å². The summed E-state index contributed by atoms with van der Waals surface area (Å²) in [7, 11) is 1.61. The molecule has 1 N–H and O–H groups in total. The normalized spacial score (nSPS) is 21.3. The predicted molar refractivity (Wildman–Crippen MR) is 132 cm³/mol. The van der Waals surface area contributed by atoms with Gasteiger partial charge in [-0.1, -0.05) is 26.0 Å². The van der Waals surface area contributed by atoms with Crippen LogP contribution in [0.25, 0.3) is 17.0 Å². The van der Waals surface area contributed by atoms with Crippen molar-refractivity contribution in [3.63, 3.8) is 0 Å².